The third-order valence-electron chi connectivity index (χ3n) is 2.52. The molecule has 0 unspecified atom stereocenters. The van der Waals surface area contributed by atoms with Crippen LogP contribution in [0.5, 0.6) is 11.5 Å². The number of benzene rings is 1. The van der Waals surface area contributed by atoms with Crippen LogP contribution in [0.2, 0.25) is 0 Å². The van der Waals surface area contributed by atoms with Crippen LogP contribution in [0.1, 0.15) is 26.3 Å². The molecule has 0 radical (unpaired) electrons. The van der Waals surface area contributed by atoms with Gasteiger partial charge in [0.2, 0.25) is 0 Å². The maximum absolute atomic E-state index is 12.5. The van der Waals surface area contributed by atoms with E-state index in [1.807, 2.05) is 0 Å². The number of rotatable bonds is 5. The highest BCUT2D eigenvalue weighted by molar-refractivity contribution is 7.88. The van der Waals surface area contributed by atoms with Crippen molar-refractivity contribution < 1.29 is 34.7 Å². The fourth-order valence-electron chi connectivity index (χ4n) is 1.30. The predicted molar refractivity (Wildman–Crippen MR) is 84.1 cm³/mol. The molecular formula is C13H16F3NO5S2. The van der Waals surface area contributed by atoms with E-state index < -0.39 is 37.1 Å². The molecule has 6 nitrogen and oxygen atoms in total. The number of para-hydroxylation sites is 1. The van der Waals surface area contributed by atoms with E-state index in [1.165, 1.54) is 18.2 Å². The van der Waals surface area contributed by atoms with Crippen molar-refractivity contribution in [3.8, 4) is 11.5 Å². The van der Waals surface area contributed by atoms with E-state index in [-0.39, 0.29) is 11.3 Å². The Kier molecular flexibility index (Phi) is 6.04. The molecule has 24 heavy (non-hydrogen) atoms. The molecule has 0 aromatic heterocycles. The summed E-state index contributed by atoms with van der Waals surface area (Å²) in [7, 11) is -6.45. The molecule has 0 saturated carbocycles. The number of ether oxygens (including phenoxy) is 1. The Morgan fingerprint density at radius 1 is 1.21 bits per heavy atom. The van der Waals surface area contributed by atoms with Gasteiger partial charge in [0.1, 0.15) is 11.0 Å². The van der Waals surface area contributed by atoms with Gasteiger partial charge in [-0.05, 0) is 32.9 Å². The van der Waals surface area contributed by atoms with Gasteiger partial charge in [0.25, 0.3) is 0 Å². The number of alkyl halides is 3. The van der Waals surface area contributed by atoms with Gasteiger partial charge in [-0.15, -0.1) is 0 Å². The van der Waals surface area contributed by atoms with Crippen LogP contribution in [0.25, 0.3) is 0 Å². The number of hydrogen-bond donors (Lipinski definition) is 0. The SMILES string of the molecule is COc1cccc(/C=N/[S@@](=O)C(C)(C)C)c1OS(=O)(=O)C(F)(F)F. The first-order valence-electron chi connectivity index (χ1n) is 6.43. The average molecular weight is 387 g/mol. The van der Waals surface area contributed by atoms with Gasteiger partial charge in [0.05, 0.1) is 11.9 Å². The number of hydrogen-bond acceptors (Lipinski definition) is 5. The van der Waals surface area contributed by atoms with Crippen LogP contribution in [0.15, 0.2) is 22.6 Å². The van der Waals surface area contributed by atoms with Crippen LogP contribution in [0, 0.1) is 0 Å². The van der Waals surface area contributed by atoms with Crippen molar-refractivity contribution in [3.05, 3.63) is 23.8 Å². The molecule has 0 saturated heterocycles. The zero-order valence-electron chi connectivity index (χ0n) is 13.2. The van der Waals surface area contributed by atoms with Crippen LogP contribution >= 0.6 is 0 Å². The Hall–Kier alpha value is -1.62. The lowest BCUT2D eigenvalue weighted by atomic mass is 10.2. The molecule has 0 bridgehead atoms. The minimum Gasteiger partial charge on any atom is -0.493 e. The first-order valence-corrected chi connectivity index (χ1v) is 8.95. The van der Waals surface area contributed by atoms with Gasteiger partial charge < -0.3 is 8.92 Å². The van der Waals surface area contributed by atoms with Crippen LogP contribution in [-0.4, -0.2) is 36.2 Å². The average Bonchev–Trinajstić information content (AvgIpc) is 2.43. The van der Waals surface area contributed by atoms with Crippen LogP contribution in [0.4, 0.5) is 13.2 Å². The highest BCUT2D eigenvalue weighted by Gasteiger charge is 2.49. The van der Waals surface area contributed by atoms with Crippen LogP contribution < -0.4 is 8.92 Å². The third kappa shape index (κ3) is 4.94. The summed E-state index contributed by atoms with van der Waals surface area (Å²) in [6.45, 7) is 4.95. The summed E-state index contributed by atoms with van der Waals surface area (Å²) in [6, 6.07) is 3.87. The topological polar surface area (TPSA) is 82.0 Å². The molecule has 0 aliphatic heterocycles. The molecule has 1 aromatic carbocycles. The number of methoxy groups -OCH3 is 1. The Balaban J connectivity index is 3.35. The predicted octanol–water partition coefficient (Wildman–Crippen LogP) is 2.80. The van der Waals surface area contributed by atoms with Gasteiger partial charge in [0.15, 0.2) is 11.5 Å². The van der Waals surface area contributed by atoms with Gasteiger partial charge in [-0.25, -0.2) is 4.21 Å². The minimum atomic E-state index is -5.89. The fraction of sp³-hybridized carbons (Fsp3) is 0.462. The van der Waals surface area contributed by atoms with E-state index in [0.29, 0.717) is 0 Å². The number of nitrogens with zero attached hydrogens (tertiary/aromatic N) is 1. The van der Waals surface area contributed by atoms with Gasteiger partial charge in [0, 0.05) is 11.8 Å². The maximum Gasteiger partial charge on any atom is 0.534 e. The van der Waals surface area contributed by atoms with E-state index in [9.17, 15) is 25.8 Å². The van der Waals surface area contributed by atoms with E-state index in [1.54, 1.807) is 20.8 Å². The molecule has 1 rings (SSSR count). The summed E-state index contributed by atoms with van der Waals surface area (Å²) < 4.78 is 83.9. The Labute approximate surface area is 140 Å². The lowest BCUT2D eigenvalue weighted by molar-refractivity contribution is -0.0500. The summed E-state index contributed by atoms with van der Waals surface area (Å²) >= 11 is 0. The van der Waals surface area contributed by atoms with E-state index in [4.69, 9.17) is 4.74 Å². The van der Waals surface area contributed by atoms with Crippen molar-refractivity contribution in [1.82, 2.24) is 0 Å². The zero-order chi connectivity index (χ0) is 18.8. The fourth-order valence-corrected chi connectivity index (χ4v) is 2.32. The van der Waals surface area contributed by atoms with E-state index >= 15 is 0 Å². The molecule has 0 aliphatic rings. The molecule has 0 aliphatic carbocycles. The van der Waals surface area contributed by atoms with Crippen molar-refractivity contribution in [1.29, 1.82) is 0 Å². The molecule has 1 atom stereocenters. The normalized spacial score (nSPS) is 14.6. The van der Waals surface area contributed by atoms with Crippen molar-refractivity contribution in [3.63, 3.8) is 0 Å². The first kappa shape index (κ1) is 20.4. The van der Waals surface area contributed by atoms with Gasteiger partial charge in [-0.2, -0.15) is 26.0 Å². The molecule has 11 heteroatoms. The van der Waals surface area contributed by atoms with Crippen molar-refractivity contribution >= 4 is 27.3 Å². The second kappa shape index (κ2) is 7.09. The maximum atomic E-state index is 12.5. The lowest BCUT2D eigenvalue weighted by Gasteiger charge is -2.15. The number of halogens is 3. The molecule has 0 spiro atoms. The highest BCUT2D eigenvalue weighted by atomic mass is 32.2. The van der Waals surface area contributed by atoms with E-state index in [2.05, 4.69) is 8.58 Å². The van der Waals surface area contributed by atoms with Crippen molar-refractivity contribution in [2.75, 3.05) is 7.11 Å². The summed E-state index contributed by atoms with van der Waals surface area (Å²) in [6.07, 6.45) is 0.977. The molecule has 0 fully saturated rings. The second-order valence-corrected chi connectivity index (χ2v) is 8.93. The Morgan fingerprint density at radius 2 is 1.79 bits per heavy atom. The monoisotopic (exact) mass is 387 g/mol. The largest absolute Gasteiger partial charge is 0.534 e. The quantitative estimate of drug-likeness (QED) is 0.441. The van der Waals surface area contributed by atoms with Gasteiger partial charge in [-0.3, -0.25) is 0 Å². The zero-order valence-corrected chi connectivity index (χ0v) is 14.9. The van der Waals surface area contributed by atoms with Crippen LogP contribution in [0.3, 0.4) is 0 Å². The van der Waals surface area contributed by atoms with Gasteiger partial charge >= 0.3 is 15.6 Å². The lowest BCUT2D eigenvalue weighted by Crippen LogP contribution is -2.28. The molecule has 0 N–H and O–H groups in total. The standard InChI is InChI=1S/C13H16F3NO5S2/c1-12(2,3)23(18)17-8-9-6-5-7-10(21-4)11(9)22-24(19,20)13(14,15)16/h5-8H,1-4H3/b17-8+/t23-/m0/s1. The highest BCUT2D eigenvalue weighted by Crippen LogP contribution is 2.35. The molecule has 0 amide bonds. The summed E-state index contributed by atoms with van der Waals surface area (Å²) in [5.41, 5.74) is -5.73. The second-order valence-electron chi connectivity index (χ2n) is 5.46. The third-order valence-corrected chi connectivity index (χ3v) is 4.81. The molecular weight excluding hydrogens is 371 g/mol. The first-order chi connectivity index (χ1) is 10.8. The smallest absolute Gasteiger partial charge is 0.493 e. The van der Waals surface area contributed by atoms with Crippen molar-refractivity contribution in [2.45, 2.75) is 31.0 Å². The summed E-state index contributed by atoms with van der Waals surface area (Å²) in [5.74, 6) is -0.930. The minimum absolute atomic E-state index is 0.125. The Bertz CT molecular complexity index is 752. The molecule has 136 valence electrons. The van der Waals surface area contributed by atoms with Gasteiger partial charge in [-0.1, -0.05) is 6.07 Å². The Morgan fingerprint density at radius 3 is 2.25 bits per heavy atom. The molecule has 1 aromatic rings. The van der Waals surface area contributed by atoms with E-state index in [0.717, 1.165) is 13.3 Å². The summed E-state index contributed by atoms with van der Waals surface area (Å²) in [5, 5.41) is 0. The molecule has 0 heterocycles. The van der Waals surface area contributed by atoms with Crippen LogP contribution in [-0.2, 0) is 21.1 Å². The van der Waals surface area contributed by atoms with Crippen molar-refractivity contribution in [2.24, 2.45) is 4.40 Å². The summed E-state index contributed by atoms with van der Waals surface area (Å²) in [4.78, 5) is 0.